The van der Waals surface area contributed by atoms with Gasteiger partial charge in [0, 0.05) is 18.8 Å². The zero-order valence-corrected chi connectivity index (χ0v) is 11.2. The summed E-state index contributed by atoms with van der Waals surface area (Å²) in [6.45, 7) is 0.0506. The topological polar surface area (TPSA) is 55.6 Å². The minimum absolute atomic E-state index is 0.00169. The number of nitrogens with zero attached hydrogens (tertiary/aromatic N) is 1. The predicted octanol–water partition coefficient (Wildman–Crippen LogP) is 2.03. The second kappa shape index (κ2) is 4.96. The van der Waals surface area contributed by atoms with Gasteiger partial charge in [0.1, 0.15) is 5.75 Å². The number of carbonyl (C=O) groups is 1. The molecule has 1 amide bonds. The summed E-state index contributed by atoms with van der Waals surface area (Å²) in [6.07, 6.45) is 2.20. The SMILES string of the molecule is CN(C(=O)COc1cccc(N)c1Br)C1CC1. The molecule has 0 heterocycles. The molecule has 0 unspecified atom stereocenters. The Morgan fingerprint density at radius 1 is 1.59 bits per heavy atom. The van der Waals surface area contributed by atoms with Crippen LogP contribution in [-0.2, 0) is 4.79 Å². The molecule has 0 atom stereocenters. The average molecular weight is 299 g/mol. The third-order valence-corrected chi connectivity index (χ3v) is 3.68. The Morgan fingerprint density at radius 2 is 2.29 bits per heavy atom. The third-order valence-electron chi connectivity index (χ3n) is 2.83. The van der Waals surface area contributed by atoms with E-state index in [9.17, 15) is 4.79 Å². The quantitative estimate of drug-likeness (QED) is 0.866. The number of halogens is 1. The number of likely N-dealkylation sites (N-methyl/N-ethyl adjacent to an activating group) is 1. The lowest BCUT2D eigenvalue weighted by Crippen LogP contribution is -2.33. The highest BCUT2D eigenvalue weighted by molar-refractivity contribution is 9.10. The minimum Gasteiger partial charge on any atom is -0.483 e. The number of ether oxygens (including phenoxy) is 1. The van der Waals surface area contributed by atoms with Crippen molar-refractivity contribution in [2.75, 3.05) is 19.4 Å². The monoisotopic (exact) mass is 298 g/mol. The van der Waals surface area contributed by atoms with Gasteiger partial charge >= 0.3 is 0 Å². The Morgan fingerprint density at radius 3 is 2.94 bits per heavy atom. The van der Waals surface area contributed by atoms with Crippen molar-refractivity contribution in [1.29, 1.82) is 0 Å². The van der Waals surface area contributed by atoms with Crippen LogP contribution in [0.2, 0.25) is 0 Å². The van der Waals surface area contributed by atoms with Crippen LogP contribution in [0.4, 0.5) is 5.69 Å². The molecule has 2 rings (SSSR count). The van der Waals surface area contributed by atoms with Gasteiger partial charge in [0.25, 0.3) is 5.91 Å². The molecular weight excluding hydrogens is 284 g/mol. The largest absolute Gasteiger partial charge is 0.483 e. The van der Waals surface area contributed by atoms with Crippen LogP contribution in [0.1, 0.15) is 12.8 Å². The van der Waals surface area contributed by atoms with Crippen LogP contribution in [0.15, 0.2) is 22.7 Å². The normalized spacial score (nSPS) is 14.5. The third kappa shape index (κ3) is 2.91. The Kier molecular flexibility index (Phi) is 3.57. The first kappa shape index (κ1) is 12.2. The Hall–Kier alpha value is -1.23. The standard InChI is InChI=1S/C12H15BrN2O2/c1-15(8-5-6-8)11(16)7-17-10-4-2-3-9(14)12(10)13/h2-4,8H,5-7,14H2,1H3. The fourth-order valence-corrected chi connectivity index (χ4v) is 1.92. The molecule has 0 bridgehead atoms. The summed E-state index contributed by atoms with van der Waals surface area (Å²) in [6, 6.07) is 5.76. The van der Waals surface area contributed by atoms with Gasteiger partial charge in [-0.05, 0) is 40.9 Å². The van der Waals surface area contributed by atoms with E-state index >= 15 is 0 Å². The number of amides is 1. The highest BCUT2D eigenvalue weighted by Gasteiger charge is 2.29. The summed E-state index contributed by atoms with van der Waals surface area (Å²) < 4.78 is 6.16. The summed E-state index contributed by atoms with van der Waals surface area (Å²) in [5.41, 5.74) is 6.33. The molecule has 1 aliphatic rings. The Bertz CT molecular complexity index is 433. The van der Waals surface area contributed by atoms with E-state index in [1.54, 1.807) is 23.1 Å². The molecule has 4 nitrogen and oxygen atoms in total. The van der Waals surface area contributed by atoms with Gasteiger partial charge in [0.05, 0.1) is 4.47 Å². The van der Waals surface area contributed by atoms with Gasteiger partial charge < -0.3 is 15.4 Å². The molecule has 0 aromatic heterocycles. The van der Waals surface area contributed by atoms with Gasteiger partial charge in [-0.3, -0.25) is 4.79 Å². The van der Waals surface area contributed by atoms with Crippen LogP contribution >= 0.6 is 15.9 Å². The maximum Gasteiger partial charge on any atom is 0.260 e. The van der Waals surface area contributed by atoms with Crippen molar-refractivity contribution in [2.45, 2.75) is 18.9 Å². The maximum atomic E-state index is 11.7. The molecule has 1 fully saturated rings. The summed E-state index contributed by atoms with van der Waals surface area (Å²) >= 11 is 3.33. The van der Waals surface area contributed by atoms with Gasteiger partial charge in [-0.15, -0.1) is 0 Å². The molecule has 92 valence electrons. The first-order chi connectivity index (χ1) is 8.09. The van der Waals surface area contributed by atoms with Crippen molar-refractivity contribution < 1.29 is 9.53 Å². The van der Waals surface area contributed by atoms with E-state index in [-0.39, 0.29) is 12.5 Å². The summed E-state index contributed by atoms with van der Waals surface area (Å²) in [5, 5.41) is 0. The van der Waals surface area contributed by atoms with Gasteiger partial charge in [-0.1, -0.05) is 6.07 Å². The molecular formula is C12H15BrN2O2. The smallest absolute Gasteiger partial charge is 0.260 e. The summed E-state index contributed by atoms with van der Waals surface area (Å²) in [4.78, 5) is 13.5. The highest BCUT2D eigenvalue weighted by atomic mass is 79.9. The Balaban J connectivity index is 1.93. The van der Waals surface area contributed by atoms with Gasteiger partial charge in [0.2, 0.25) is 0 Å². The molecule has 0 aliphatic heterocycles. The lowest BCUT2D eigenvalue weighted by molar-refractivity contribution is -0.132. The summed E-state index contributed by atoms with van der Waals surface area (Å²) in [5.74, 6) is 0.601. The van der Waals surface area contributed by atoms with Crippen molar-refractivity contribution in [3.63, 3.8) is 0 Å². The number of carbonyl (C=O) groups excluding carboxylic acids is 1. The number of hydrogen-bond acceptors (Lipinski definition) is 3. The minimum atomic E-state index is 0.00169. The van der Waals surface area contributed by atoms with Gasteiger partial charge in [0.15, 0.2) is 6.61 Å². The van der Waals surface area contributed by atoms with Gasteiger partial charge in [-0.2, -0.15) is 0 Å². The van der Waals surface area contributed by atoms with E-state index in [2.05, 4.69) is 15.9 Å². The van der Waals surface area contributed by atoms with Crippen LogP contribution in [0.5, 0.6) is 5.75 Å². The number of benzene rings is 1. The van der Waals surface area contributed by atoms with Crippen molar-refractivity contribution in [3.05, 3.63) is 22.7 Å². The van der Waals surface area contributed by atoms with Crippen LogP contribution < -0.4 is 10.5 Å². The van der Waals surface area contributed by atoms with Crippen molar-refractivity contribution in [1.82, 2.24) is 4.90 Å². The number of nitrogens with two attached hydrogens (primary N) is 1. The molecule has 2 N–H and O–H groups in total. The zero-order valence-electron chi connectivity index (χ0n) is 9.65. The predicted molar refractivity (Wildman–Crippen MR) is 69.8 cm³/mol. The van der Waals surface area contributed by atoms with Crippen molar-refractivity contribution in [3.8, 4) is 5.75 Å². The van der Waals surface area contributed by atoms with Gasteiger partial charge in [-0.25, -0.2) is 0 Å². The van der Waals surface area contributed by atoms with Crippen LogP contribution in [-0.4, -0.2) is 30.5 Å². The Labute approximate surface area is 109 Å². The van der Waals surface area contributed by atoms with Crippen LogP contribution in [0.25, 0.3) is 0 Å². The molecule has 0 radical (unpaired) electrons. The van der Waals surface area contributed by atoms with E-state index in [0.29, 0.717) is 22.0 Å². The van der Waals surface area contributed by atoms with Crippen molar-refractivity contribution in [2.24, 2.45) is 0 Å². The molecule has 0 saturated heterocycles. The molecule has 1 aliphatic carbocycles. The van der Waals surface area contributed by atoms with Crippen LogP contribution in [0, 0.1) is 0 Å². The second-order valence-corrected chi connectivity index (χ2v) is 4.98. The molecule has 1 aromatic carbocycles. The molecule has 1 aromatic rings. The molecule has 17 heavy (non-hydrogen) atoms. The van der Waals surface area contributed by atoms with E-state index in [4.69, 9.17) is 10.5 Å². The fraction of sp³-hybridized carbons (Fsp3) is 0.417. The van der Waals surface area contributed by atoms with E-state index in [1.807, 2.05) is 7.05 Å². The molecule has 0 spiro atoms. The summed E-state index contributed by atoms with van der Waals surface area (Å²) in [7, 11) is 1.82. The van der Waals surface area contributed by atoms with E-state index in [0.717, 1.165) is 12.8 Å². The lowest BCUT2D eigenvalue weighted by Gasteiger charge is -2.17. The number of nitrogen functional groups attached to an aromatic ring is 1. The second-order valence-electron chi connectivity index (χ2n) is 4.18. The van der Waals surface area contributed by atoms with Crippen molar-refractivity contribution >= 4 is 27.5 Å². The zero-order chi connectivity index (χ0) is 12.4. The lowest BCUT2D eigenvalue weighted by atomic mass is 10.3. The first-order valence-electron chi connectivity index (χ1n) is 5.52. The first-order valence-corrected chi connectivity index (χ1v) is 6.31. The van der Waals surface area contributed by atoms with Crippen LogP contribution in [0.3, 0.4) is 0 Å². The average Bonchev–Trinajstić information content (AvgIpc) is 3.13. The fourth-order valence-electron chi connectivity index (χ4n) is 1.55. The number of anilines is 1. The van der Waals surface area contributed by atoms with E-state index in [1.165, 1.54) is 0 Å². The number of rotatable bonds is 4. The van der Waals surface area contributed by atoms with E-state index < -0.39 is 0 Å². The maximum absolute atomic E-state index is 11.7. The highest BCUT2D eigenvalue weighted by Crippen LogP contribution is 2.30. The number of hydrogen-bond donors (Lipinski definition) is 1. The molecule has 5 heteroatoms. The molecule has 1 saturated carbocycles.